The molecule has 4 aromatic rings. The molecular weight excluding hydrogens is 381 g/mol. The van der Waals surface area contributed by atoms with Gasteiger partial charge in [0.25, 0.3) is 0 Å². The zero-order chi connectivity index (χ0) is 21.1. The molecule has 2 N–H and O–H groups in total. The number of anilines is 1. The van der Waals surface area contributed by atoms with Gasteiger partial charge in [-0.3, -0.25) is 0 Å². The Kier molecular flexibility index (Phi) is 5.65. The first-order valence-electron chi connectivity index (χ1n) is 10.2. The van der Waals surface area contributed by atoms with E-state index in [9.17, 15) is 9.18 Å². The fourth-order valence-electron chi connectivity index (χ4n) is 3.73. The van der Waals surface area contributed by atoms with E-state index in [0.29, 0.717) is 18.0 Å². The molecule has 2 aromatic heterocycles. The molecule has 4 rings (SSSR count). The zero-order valence-corrected chi connectivity index (χ0v) is 17.0. The normalized spacial score (nSPS) is 11.3. The molecule has 0 fully saturated rings. The topological polar surface area (TPSA) is 70.9 Å². The Hall–Kier alpha value is -3.41. The molecule has 0 amide bonds. The van der Waals surface area contributed by atoms with E-state index in [-0.39, 0.29) is 5.82 Å². The molecule has 0 spiro atoms. The number of aromatic nitrogens is 2. The van der Waals surface area contributed by atoms with Crippen molar-refractivity contribution in [3.63, 3.8) is 0 Å². The summed E-state index contributed by atoms with van der Waals surface area (Å²) >= 11 is 0. The minimum absolute atomic E-state index is 0.315. The summed E-state index contributed by atoms with van der Waals surface area (Å²) in [6, 6.07) is 13.3. The van der Waals surface area contributed by atoms with Crippen LogP contribution in [-0.4, -0.2) is 9.97 Å². The van der Waals surface area contributed by atoms with E-state index in [1.165, 1.54) is 18.2 Å². The number of aromatic amines is 1. The summed E-state index contributed by atoms with van der Waals surface area (Å²) in [7, 11) is 0. The molecule has 0 saturated heterocycles. The summed E-state index contributed by atoms with van der Waals surface area (Å²) in [5, 5.41) is 4.09. The second-order valence-corrected chi connectivity index (χ2v) is 7.37. The van der Waals surface area contributed by atoms with Crippen LogP contribution < -0.4 is 10.9 Å². The zero-order valence-electron chi connectivity index (χ0n) is 17.0. The van der Waals surface area contributed by atoms with Crippen LogP contribution in [0.15, 0.2) is 63.9 Å². The summed E-state index contributed by atoms with van der Waals surface area (Å²) in [5.74, 6) is 0.885. The van der Waals surface area contributed by atoms with E-state index in [1.54, 1.807) is 12.1 Å². The van der Waals surface area contributed by atoms with E-state index in [4.69, 9.17) is 4.42 Å². The van der Waals surface area contributed by atoms with Crippen LogP contribution in [0.25, 0.3) is 22.1 Å². The predicted molar refractivity (Wildman–Crippen MR) is 117 cm³/mol. The van der Waals surface area contributed by atoms with Gasteiger partial charge in [-0.1, -0.05) is 38.1 Å². The van der Waals surface area contributed by atoms with Crippen molar-refractivity contribution in [3.8, 4) is 11.1 Å². The van der Waals surface area contributed by atoms with Crippen molar-refractivity contribution in [2.24, 2.45) is 0 Å². The first-order valence-corrected chi connectivity index (χ1v) is 10.2. The number of nitrogens with zero attached hydrogens (tertiary/aromatic N) is 1. The van der Waals surface area contributed by atoms with E-state index in [2.05, 4.69) is 29.1 Å². The number of nitrogens with one attached hydrogen (secondary N) is 2. The fraction of sp³-hybridized carbons (Fsp3) is 0.250. The quantitative estimate of drug-likeness (QED) is 0.379. The number of fused-ring (bicyclic) bond motifs is 1. The highest BCUT2D eigenvalue weighted by atomic mass is 19.1. The maximum atomic E-state index is 13.3. The Morgan fingerprint density at radius 3 is 2.60 bits per heavy atom. The Morgan fingerprint density at radius 2 is 1.87 bits per heavy atom. The largest absolute Gasteiger partial charge is 0.423 e. The molecule has 2 aromatic carbocycles. The Balaban J connectivity index is 1.58. The Bertz CT molecular complexity index is 1210. The van der Waals surface area contributed by atoms with Gasteiger partial charge in [-0.05, 0) is 47.7 Å². The number of imidazole rings is 1. The molecule has 0 aliphatic rings. The molecule has 154 valence electrons. The van der Waals surface area contributed by atoms with Crippen LogP contribution in [0.4, 0.5) is 10.3 Å². The summed E-state index contributed by atoms with van der Waals surface area (Å²) in [5.41, 5.74) is 3.65. The monoisotopic (exact) mass is 405 g/mol. The first kappa shape index (κ1) is 19.9. The molecule has 2 heterocycles. The molecular formula is C24H24FN3O2. The lowest BCUT2D eigenvalue weighted by molar-refractivity contribution is 0.561. The molecule has 0 radical (unpaired) electrons. The molecule has 0 saturated carbocycles. The molecule has 6 heteroatoms. The molecule has 0 aliphatic carbocycles. The van der Waals surface area contributed by atoms with Gasteiger partial charge in [0, 0.05) is 29.6 Å². The van der Waals surface area contributed by atoms with Crippen molar-refractivity contribution in [2.75, 3.05) is 5.32 Å². The molecule has 30 heavy (non-hydrogen) atoms. The minimum atomic E-state index is -0.437. The van der Waals surface area contributed by atoms with Gasteiger partial charge in [0.1, 0.15) is 11.4 Å². The van der Waals surface area contributed by atoms with Crippen molar-refractivity contribution in [1.82, 2.24) is 9.97 Å². The lowest BCUT2D eigenvalue weighted by atomic mass is 10.0. The number of hydrogen-bond acceptors (Lipinski definition) is 4. The molecule has 0 bridgehead atoms. The van der Waals surface area contributed by atoms with Crippen molar-refractivity contribution < 1.29 is 8.81 Å². The van der Waals surface area contributed by atoms with Crippen LogP contribution >= 0.6 is 0 Å². The number of halogens is 1. The summed E-state index contributed by atoms with van der Waals surface area (Å²) in [6.45, 7) is 4.88. The molecule has 0 atom stereocenters. The van der Waals surface area contributed by atoms with Gasteiger partial charge in [0.05, 0.1) is 6.20 Å². The predicted octanol–water partition coefficient (Wildman–Crippen LogP) is 5.84. The van der Waals surface area contributed by atoms with Gasteiger partial charge in [-0.15, -0.1) is 0 Å². The Morgan fingerprint density at radius 1 is 1.10 bits per heavy atom. The van der Waals surface area contributed by atoms with Crippen LogP contribution in [0.3, 0.4) is 0 Å². The van der Waals surface area contributed by atoms with E-state index < -0.39 is 5.63 Å². The smallest absolute Gasteiger partial charge is 0.336 e. The van der Waals surface area contributed by atoms with E-state index >= 15 is 0 Å². The molecule has 0 aliphatic heterocycles. The first-order chi connectivity index (χ1) is 14.6. The van der Waals surface area contributed by atoms with Crippen molar-refractivity contribution >= 4 is 16.9 Å². The minimum Gasteiger partial charge on any atom is -0.423 e. The third kappa shape index (κ3) is 4.13. The summed E-state index contributed by atoms with van der Waals surface area (Å²) < 4.78 is 18.7. The van der Waals surface area contributed by atoms with Crippen molar-refractivity contribution in [1.29, 1.82) is 0 Å². The van der Waals surface area contributed by atoms with Crippen molar-refractivity contribution in [3.05, 3.63) is 82.2 Å². The number of rotatable bonds is 7. The summed E-state index contributed by atoms with van der Waals surface area (Å²) in [6.07, 6.45) is 4.02. The highest BCUT2D eigenvalue weighted by molar-refractivity contribution is 5.93. The Labute approximate surface area is 174 Å². The average Bonchev–Trinajstić information content (AvgIpc) is 3.21. The highest BCUT2D eigenvalue weighted by Gasteiger charge is 2.11. The van der Waals surface area contributed by atoms with Gasteiger partial charge in [-0.2, -0.15) is 0 Å². The van der Waals surface area contributed by atoms with Gasteiger partial charge in [0.2, 0.25) is 5.95 Å². The van der Waals surface area contributed by atoms with Crippen LogP contribution in [0, 0.1) is 5.82 Å². The van der Waals surface area contributed by atoms with Crippen molar-refractivity contribution in [2.45, 2.75) is 39.2 Å². The molecule has 0 unspecified atom stereocenters. The van der Waals surface area contributed by atoms with Gasteiger partial charge < -0.3 is 14.7 Å². The third-order valence-electron chi connectivity index (χ3n) is 5.45. The second kappa shape index (κ2) is 8.53. The van der Waals surface area contributed by atoms with Crippen LogP contribution in [0.1, 0.15) is 43.9 Å². The van der Waals surface area contributed by atoms with Crippen LogP contribution in [0.2, 0.25) is 0 Å². The second-order valence-electron chi connectivity index (χ2n) is 7.37. The van der Waals surface area contributed by atoms with Crippen LogP contribution in [-0.2, 0) is 6.54 Å². The highest BCUT2D eigenvalue weighted by Crippen LogP contribution is 2.28. The lowest BCUT2D eigenvalue weighted by Gasteiger charge is -2.09. The maximum absolute atomic E-state index is 13.3. The summed E-state index contributed by atoms with van der Waals surface area (Å²) in [4.78, 5) is 19.8. The van der Waals surface area contributed by atoms with E-state index in [1.807, 2.05) is 24.4 Å². The number of H-pyrrole nitrogens is 1. The van der Waals surface area contributed by atoms with Crippen LogP contribution in [0.5, 0.6) is 0 Å². The van der Waals surface area contributed by atoms with Gasteiger partial charge in [0.15, 0.2) is 0 Å². The lowest BCUT2D eigenvalue weighted by Crippen LogP contribution is -2.03. The molecule has 5 nitrogen and oxygen atoms in total. The maximum Gasteiger partial charge on any atom is 0.336 e. The van der Waals surface area contributed by atoms with E-state index in [0.717, 1.165) is 46.6 Å². The third-order valence-corrected chi connectivity index (χ3v) is 5.45. The van der Waals surface area contributed by atoms with Gasteiger partial charge in [-0.25, -0.2) is 14.2 Å². The number of hydrogen-bond donors (Lipinski definition) is 2. The SMILES string of the molecule is CCC(CC)c1cnc(NCc2ccc3c(-c4ccc(F)cc4)cc(=O)oc3c2)[nH]1. The number of benzene rings is 2. The standard InChI is InChI=1S/C24H24FN3O2/c1-3-16(4-2)21-14-27-24(28-21)26-13-15-5-10-19-20(12-23(29)30-22(19)11-15)17-6-8-18(25)9-7-17/h5-12,14,16H,3-4,13H2,1-2H3,(H2,26,27,28). The average molecular weight is 405 g/mol. The van der Waals surface area contributed by atoms with Gasteiger partial charge >= 0.3 is 5.63 Å². The fourth-order valence-corrected chi connectivity index (χ4v) is 3.73.